The second kappa shape index (κ2) is 9.58. The fourth-order valence-corrected chi connectivity index (χ4v) is 3.65. The number of ether oxygens (including phenoxy) is 1. The zero-order chi connectivity index (χ0) is 25.1. The first-order chi connectivity index (χ1) is 17.6. The number of benzene rings is 2. The van der Waals surface area contributed by atoms with Gasteiger partial charge in [0.05, 0.1) is 7.11 Å². The highest BCUT2D eigenvalue weighted by Crippen LogP contribution is 2.33. The number of rotatable bonds is 8. The van der Waals surface area contributed by atoms with Crippen molar-refractivity contribution in [2.75, 3.05) is 17.7 Å². The molecular weight excluding hydrogens is 464 g/mol. The van der Waals surface area contributed by atoms with Gasteiger partial charge in [-0.25, -0.2) is 9.78 Å². The number of aromatic nitrogens is 4. The van der Waals surface area contributed by atoms with Gasteiger partial charge < -0.3 is 24.6 Å². The van der Waals surface area contributed by atoms with Crippen LogP contribution in [0, 0.1) is 6.92 Å². The summed E-state index contributed by atoms with van der Waals surface area (Å²) in [6, 6.07) is 14.5. The minimum atomic E-state index is -0.802. The molecule has 0 radical (unpaired) electrons. The van der Waals surface area contributed by atoms with Gasteiger partial charge in [-0.1, -0.05) is 4.73 Å². The van der Waals surface area contributed by atoms with Crippen molar-refractivity contribution < 1.29 is 18.8 Å². The van der Waals surface area contributed by atoms with Crippen LogP contribution in [0.15, 0.2) is 76.3 Å². The summed E-state index contributed by atoms with van der Waals surface area (Å²) in [7, 11) is 1.62. The smallest absolute Gasteiger partial charge is 0.453 e. The zero-order valence-electron chi connectivity index (χ0n) is 19.3. The SMILES string of the molecule is COc1cc(Nc2ncc(C)c(Nc3ccc4oc(=O)n(OC=O)c4c3)n2)ccc1-c1ccncc1. The van der Waals surface area contributed by atoms with Crippen LogP contribution < -0.4 is 26.0 Å². The summed E-state index contributed by atoms with van der Waals surface area (Å²) in [5, 5.41) is 6.40. The first-order valence-corrected chi connectivity index (χ1v) is 10.8. The lowest BCUT2D eigenvalue weighted by molar-refractivity contribution is -0.129. The Bertz CT molecular complexity index is 1610. The average Bonchev–Trinajstić information content (AvgIpc) is 3.21. The van der Waals surface area contributed by atoms with Gasteiger partial charge in [-0.3, -0.25) is 9.78 Å². The number of methoxy groups -OCH3 is 1. The number of oxazole rings is 1. The van der Waals surface area contributed by atoms with Crippen LogP contribution >= 0.6 is 0 Å². The molecular formula is C25H20N6O5. The maximum atomic E-state index is 11.9. The molecule has 0 bridgehead atoms. The molecule has 0 unspecified atom stereocenters. The monoisotopic (exact) mass is 484 g/mol. The van der Waals surface area contributed by atoms with Crippen LogP contribution in [0.2, 0.25) is 0 Å². The van der Waals surface area contributed by atoms with Crippen LogP contribution in [0.1, 0.15) is 5.56 Å². The van der Waals surface area contributed by atoms with Crippen LogP contribution in [0.4, 0.5) is 23.1 Å². The van der Waals surface area contributed by atoms with Gasteiger partial charge >= 0.3 is 12.2 Å². The molecule has 3 aromatic heterocycles. The predicted molar refractivity (Wildman–Crippen MR) is 133 cm³/mol. The Morgan fingerprint density at radius 1 is 1.03 bits per heavy atom. The number of aryl methyl sites for hydroxylation is 1. The number of carbonyl (C=O) groups excluding carboxylic acids is 1. The fraction of sp³-hybridized carbons (Fsp3) is 0.0800. The molecule has 0 fully saturated rings. The Labute approximate surface area is 204 Å². The second-order valence-electron chi connectivity index (χ2n) is 7.67. The van der Waals surface area contributed by atoms with E-state index in [1.54, 1.807) is 43.9 Å². The summed E-state index contributed by atoms with van der Waals surface area (Å²) in [4.78, 5) is 40.3. The fourth-order valence-electron chi connectivity index (χ4n) is 3.65. The normalized spacial score (nSPS) is 10.7. The standard InChI is InChI=1S/C25H20N6O5/c1-15-13-27-24(29-18-3-5-19(22(12-18)34-2)16-7-9-26-10-8-16)30-23(15)28-17-4-6-21-20(11-17)31(35-14-32)25(33)36-21/h3-14H,1-2H3,(H2,27,28,29,30). The zero-order valence-corrected chi connectivity index (χ0v) is 19.3. The number of carbonyl (C=O) groups is 1. The van der Waals surface area contributed by atoms with Gasteiger partial charge in [-0.15, -0.1) is 0 Å². The average molecular weight is 484 g/mol. The Morgan fingerprint density at radius 3 is 2.58 bits per heavy atom. The van der Waals surface area contributed by atoms with Gasteiger partial charge in [0, 0.05) is 47.2 Å². The predicted octanol–water partition coefficient (Wildman–Crippen LogP) is 3.84. The molecule has 0 spiro atoms. The van der Waals surface area contributed by atoms with Crippen molar-refractivity contribution in [3.8, 4) is 16.9 Å². The van der Waals surface area contributed by atoms with Crippen LogP contribution in [0.3, 0.4) is 0 Å². The van der Waals surface area contributed by atoms with E-state index >= 15 is 0 Å². The van der Waals surface area contributed by atoms with Crippen molar-refractivity contribution in [2.24, 2.45) is 0 Å². The van der Waals surface area contributed by atoms with Crippen LogP contribution in [-0.2, 0) is 4.79 Å². The van der Waals surface area contributed by atoms with Gasteiger partial charge in [0.2, 0.25) is 5.95 Å². The molecule has 36 heavy (non-hydrogen) atoms. The number of nitrogens with one attached hydrogen (secondary N) is 2. The van der Waals surface area contributed by atoms with Gasteiger partial charge in [0.25, 0.3) is 0 Å². The molecule has 0 atom stereocenters. The largest absolute Gasteiger partial charge is 0.496 e. The third-order valence-corrected chi connectivity index (χ3v) is 5.37. The minimum absolute atomic E-state index is 0.154. The first kappa shape index (κ1) is 22.6. The molecule has 11 heteroatoms. The van der Waals surface area contributed by atoms with Crippen molar-refractivity contribution in [1.82, 2.24) is 19.7 Å². The van der Waals surface area contributed by atoms with Crippen molar-refractivity contribution in [3.05, 3.63) is 83.2 Å². The number of fused-ring (bicyclic) bond motifs is 1. The topological polar surface area (TPSA) is 133 Å². The van der Waals surface area contributed by atoms with E-state index in [1.807, 2.05) is 37.3 Å². The summed E-state index contributed by atoms with van der Waals surface area (Å²) >= 11 is 0. The van der Waals surface area contributed by atoms with Crippen LogP contribution in [-0.4, -0.2) is 33.3 Å². The van der Waals surface area contributed by atoms with E-state index in [1.165, 1.54) is 0 Å². The lowest BCUT2D eigenvalue weighted by atomic mass is 10.1. The third-order valence-electron chi connectivity index (χ3n) is 5.37. The summed E-state index contributed by atoms with van der Waals surface area (Å²) < 4.78 is 11.4. The van der Waals surface area contributed by atoms with Crippen LogP contribution in [0.5, 0.6) is 5.75 Å². The Hall–Kier alpha value is -5.19. The molecule has 0 saturated carbocycles. The van der Waals surface area contributed by atoms with E-state index in [0.29, 0.717) is 28.7 Å². The van der Waals surface area contributed by atoms with Gasteiger partial charge in [-0.05, 0) is 55.0 Å². The van der Waals surface area contributed by atoms with Crippen LogP contribution in [0.25, 0.3) is 22.2 Å². The molecule has 11 nitrogen and oxygen atoms in total. The maximum Gasteiger partial charge on any atom is 0.453 e. The quantitative estimate of drug-likeness (QED) is 0.313. The van der Waals surface area contributed by atoms with E-state index in [4.69, 9.17) is 14.0 Å². The van der Waals surface area contributed by atoms with Crippen molar-refractivity contribution >= 4 is 40.7 Å². The highest BCUT2D eigenvalue weighted by atomic mass is 16.7. The highest BCUT2D eigenvalue weighted by Gasteiger charge is 2.13. The molecule has 0 aliphatic rings. The number of hydrogen-bond donors (Lipinski definition) is 2. The third kappa shape index (κ3) is 4.44. The molecule has 2 N–H and O–H groups in total. The number of anilines is 4. The Morgan fingerprint density at radius 2 is 1.81 bits per heavy atom. The molecule has 0 aliphatic carbocycles. The Balaban J connectivity index is 1.41. The molecule has 3 heterocycles. The summed E-state index contributed by atoms with van der Waals surface area (Å²) in [5.41, 5.74) is 4.63. The molecule has 180 valence electrons. The minimum Gasteiger partial charge on any atom is -0.496 e. The number of hydrogen-bond acceptors (Lipinski definition) is 10. The molecule has 2 aromatic carbocycles. The molecule has 5 rings (SSSR count). The van der Waals surface area contributed by atoms with E-state index in [-0.39, 0.29) is 12.1 Å². The van der Waals surface area contributed by atoms with Crippen molar-refractivity contribution in [3.63, 3.8) is 0 Å². The highest BCUT2D eigenvalue weighted by molar-refractivity contribution is 5.79. The molecule has 0 saturated heterocycles. The van der Waals surface area contributed by atoms with E-state index in [2.05, 4.69) is 25.6 Å². The van der Waals surface area contributed by atoms with E-state index < -0.39 is 5.76 Å². The van der Waals surface area contributed by atoms with E-state index in [9.17, 15) is 9.59 Å². The lowest BCUT2D eigenvalue weighted by Gasteiger charge is -2.13. The maximum absolute atomic E-state index is 11.9. The number of pyridine rings is 1. The lowest BCUT2D eigenvalue weighted by Crippen LogP contribution is -2.21. The molecule has 0 amide bonds. The van der Waals surface area contributed by atoms with E-state index in [0.717, 1.165) is 27.1 Å². The summed E-state index contributed by atoms with van der Waals surface area (Å²) in [6.07, 6.45) is 5.14. The second-order valence-corrected chi connectivity index (χ2v) is 7.67. The van der Waals surface area contributed by atoms with Crippen molar-refractivity contribution in [2.45, 2.75) is 6.92 Å². The number of nitrogens with zero attached hydrogens (tertiary/aromatic N) is 4. The summed E-state index contributed by atoms with van der Waals surface area (Å²) in [5.74, 6) is 0.798. The first-order valence-electron chi connectivity index (χ1n) is 10.8. The summed E-state index contributed by atoms with van der Waals surface area (Å²) in [6.45, 7) is 2.02. The molecule has 0 aliphatic heterocycles. The van der Waals surface area contributed by atoms with Gasteiger partial charge in [0.1, 0.15) is 17.1 Å². The molecule has 5 aromatic rings. The van der Waals surface area contributed by atoms with Gasteiger partial charge in [-0.2, -0.15) is 4.98 Å². The van der Waals surface area contributed by atoms with Crippen molar-refractivity contribution in [1.29, 1.82) is 0 Å². The van der Waals surface area contributed by atoms with Gasteiger partial charge in [0.15, 0.2) is 5.58 Å². The Kier molecular flexibility index (Phi) is 6.02.